The molecule has 1 aliphatic rings. The van der Waals surface area contributed by atoms with Crippen molar-refractivity contribution in [2.45, 2.75) is 25.4 Å². The van der Waals surface area contributed by atoms with Crippen LogP contribution in [0.5, 0.6) is 0 Å². The van der Waals surface area contributed by atoms with Gasteiger partial charge in [-0.1, -0.05) is 18.2 Å². The van der Waals surface area contributed by atoms with Crippen molar-refractivity contribution >= 4 is 5.91 Å². The number of carbonyl (C=O) groups is 1. The summed E-state index contributed by atoms with van der Waals surface area (Å²) in [5.74, 6) is -0.680. The normalized spacial score (nSPS) is 14.0. The van der Waals surface area contributed by atoms with Crippen LogP contribution in [-0.2, 0) is 6.54 Å². The van der Waals surface area contributed by atoms with E-state index in [0.29, 0.717) is 5.56 Å². The Morgan fingerprint density at radius 1 is 1.24 bits per heavy atom. The van der Waals surface area contributed by atoms with Crippen LogP contribution in [-0.4, -0.2) is 21.8 Å². The van der Waals surface area contributed by atoms with E-state index in [4.69, 9.17) is 0 Å². The number of aromatic amines is 1. The number of aromatic nitrogens is 1. The lowest BCUT2D eigenvalue weighted by atomic mass is 10.1. The highest BCUT2D eigenvalue weighted by atomic mass is 19.1. The van der Waals surface area contributed by atoms with Crippen molar-refractivity contribution in [2.24, 2.45) is 0 Å². The maximum Gasteiger partial charge on any atom is 0.260 e. The minimum absolute atomic E-state index is 0.0942. The summed E-state index contributed by atoms with van der Waals surface area (Å²) < 4.78 is 13.8. The molecule has 4 nitrogen and oxygen atoms in total. The fourth-order valence-electron chi connectivity index (χ4n) is 2.31. The number of hydrogen-bond acceptors (Lipinski definition) is 2. The number of nitrogens with zero attached hydrogens (tertiary/aromatic N) is 1. The largest absolute Gasteiger partial charge is 0.331 e. The van der Waals surface area contributed by atoms with Gasteiger partial charge in [0.05, 0.1) is 0 Å². The van der Waals surface area contributed by atoms with E-state index >= 15 is 0 Å². The van der Waals surface area contributed by atoms with Crippen LogP contribution < -0.4 is 5.56 Å². The lowest BCUT2D eigenvalue weighted by Crippen LogP contribution is -2.36. The van der Waals surface area contributed by atoms with Crippen molar-refractivity contribution in [3.63, 3.8) is 0 Å². The minimum Gasteiger partial charge on any atom is -0.331 e. The first kappa shape index (κ1) is 13.5. The Bertz CT molecular complexity index is 722. The predicted molar refractivity (Wildman–Crippen MR) is 76.4 cm³/mol. The van der Waals surface area contributed by atoms with Gasteiger partial charge in [0.1, 0.15) is 11.4 Å². The smallest absolute Gasteiger partial charge is 0.260 e. The summed E-state index contributed by atoms with van der Waals surface area (Å²) in [6, 6.07) is 9.60. The highest BCUT2D eigenvalue weighted by Crippen LogP contribution is 2.29. The zero-order valence-corrected chi connectivity index (χ0v) is 11.4. The minimum atomic E-state index is -0.415. The average Bonchev–Trinajstić information content (AvgIpc) is 3.31. The molecule has 1 aliphatic carbocycles. The second-order valence-corrected chi connectivity index (χ2v) is 5.17. The summed E-state index contributed by atoms with van der Waals surface area (Å²) in [5.41, 5.74) is 0.146. The summed E-state index contributed by atoms with van der Waals surface area (Å²) in [6.07, 6.45) is 3.27. The van der Waals surface area contributed by atoms with Crippen molar-refractivity contribution < 1.29 is 9.18 Å². The van der Waals surface area contributed by atoms with E-state index in [1.54, 1.807) is 29.2 Å². The number of benzene rings is 1. The molecule has 21 heavy (non-hydrogen) atoms. The third-order valence-corrected chi connectivity index (χ3v) is 3.60. The fraction of sp³-hybridized carbons (Fsp3) is 0.250. The van der Waals surface area contributed by atoms with E-state index in [9.17, 15) is 14.0 Å². The second-order valence-electron chi connectivity index (χ2n) is 5.17. The molecule has 1 aromatic heterocycles. The van der Waals surface area contributed by atoms with Gasteiger partial charge in [0.15, 0.2) is 0 Å². The van der Waals surface area contributed by atoms with Gasteiger partial charge >= 0.3 is 0 Å². The number of H-pyrrole nitrogens is 1. The van der Waals surface area contributed by atoms with E-state index in [2.05, 4.69) is 4.98 Å². The SMILES string of the molecule is O=C(c1ccc[nH]c1=O)N(Cc1ccccc1F)C1CC1. The number of halogens is 1. The Hall–Kier alpha value is -2.43. The first-order chi connectivity index (χ1) is 10.2. The Balaban J connectivity index is 1.89. The third kappa shape index (κ3) is 2.86. The molecule has 1 fully saturated rings. The molecule has 0 aliphatic heterocycles. The van der Waals surface area contributed by atoms with Gasteiger partial charge < -0.3 is 9.88 Å². The number of rotatable bonds is 4. The zero-order valence-electron chi connectivity index (χ0n) is 11.4. The number of amides is 1. The Morgan fingerprint density at radius 3 is 2.67 bits per heavy atom. The number of hydrogen-bond donors (Lipinski definition) is 1. The molecule has 1 saturated carbocycles. The highest BCUT2D eigenvalue weighted by molar-refractivity contribution is 5.94. The average molecular weight is 286 g/mol. The van der Waals surface area contributed by atoms with Crippen LogP contribution in [0.1, 0.15) is 28.8 Å². The van der Waals surface area contributed by atoms with Gasteiger partial charge in [0.2, 0.25) is 0 Å². The van der Waals surface area contributed by atoms with E-state index in [1.165, 1.54) is 18.3 Å². The van der Waals surface area contributed by atoms with Gasteiger partial charge in [-0.25, -0.2) is 4.39 Å². The van der Waals surface area contributed by atoms with E-state index in [-0.39, 0.29) is 29.9 Å². The van der Waals surface area contributed by atoms with Crippen molar-refractivity contribution in [2.75, 3.05) is 0 Å². The first-order valence-corrected chi connectivity index (χ1v) is 6.89. The molecule has 3 rings (SSSR count). The standard InChI is InChI=1S/C16H15FN2O2/c17-14-6-2-1-4-11(14)10-19(12-7-8-12)16(21)13-5-3-9-18-15(13)20/h1-6,9,12H,7-8,10H2,(H,18,20). The molecule has 1 heterocycles. The van der Waals surface area contributed by atoms with Crippen LogP contribution >= 0.6 is 0 Å². The Morgan fingerprint density at radius 2 is 2.00 bits per heavy atom. The van der Waals surface area contributed by atoms with Crippen molar-refractivity contribution in [1.29, 1.82) is 0 Å². The lowest BCUT2D eigenvalue weighted by molar-refractivity contribution is 0.0726. The van der Waals surface area contributed by atoms with Gasteiger partial charge in [0.25, 0.3) is 11.5 Å². The fourth-order valence-corrected chi connectivity index (χ4v) is 2.31. The maximum atomic E-state index is 13.8. The first-order valence-electron chi connectivity index (χ1n) is 6.89. The summed E-state index contributed by atoms with van der Waals surface area (Å²) in [4.78, 5) is 28.4. The molecule has 0 atom stereocenters. The molecular formula is C16H15FN2O2. The molecule has 0 bridgehead atoms. The monoisotopic (exact) mass is 286 g/mol. The Labute approximate surface area is 121 Å². The van der Waals surface area contributed by atoms with E-state index < -0.39 is 5.56 Å². The second kappa shape index (κ2) is 5.52. The van der Waals surface area contributed by atoms with Crippen molar-refractivity contribution in [3.8, 4) is 0 Å². The topological polar surface area (TPSA) is 53.2 Å². The summed E-state index contributed by atoms with van der Waals surface area (Å²) in [7, 11) is 0. The summed E-state index contributed by atoms with van der Waals surface area (Å²) in [5, 5.41) is 0. The van der Waals surface area contributed by atoms with Crippen LogP contribution in [0.2, 0.25) is 0 Å². The predicted octanol–water partition coefficient (Wildman–Crippen LogP) is 2.32. The highest BCUT2D eigenvalue weighted by Gasteiger charge is 2.34. The van der Waals surface area contributed by atoms with Gasteiger partial charge in [0, 0.05) is 24.3 Å². The van der Waals surface area contributed by atoms with Crippen molar-refractivity contribution in [3.05, 3.63) is 69.9 Å². The molecule has 2 aromatic rings. The van der Waals surface area contributed by atoms with Crippen LogP contribution in [0.3, 0.4) is 0 Å². The molecule has 0 saturated heterocycles. The molecule has 0 unspecified atom stereocenters. The molecule has 1 aromatic carbocycles. The molecule has 108 valence electrons. The number of carbonyl (C=O) groups excluding carboxylic acids is 1. The van der Waals surface area contributed by atoms with Crippen LogP contribution in [0, 0.1) is 5.82 Å². The molecule has 0 radical (unpaired) electrons. The third-order valence-electron chi connectivity index (χ3n) is 3.60. The maximum absolute atomic E-state index is 13.8. The number of nitrogens with one attached hydrogen (secondary N) is 1. The molecule has 0 spiro atoms. The zero-order chi connectivity index (χ0) is 14.8. The molecule has 5 heteroatoms. The quantitative estimate of drug-likeness (QED) is 0.937. The molecule has 1 N–H and O–H groups in total. The number of pyridine rings is 1. The van der Waals surface area contributed by atoms with E-state index in [1.807, 2.05) is 0 Å². The van der Waals surface area contributed by atoms with Crippen LogP contribution in [0.25, 0.3) is 0 Å². The molecule has 1 amide bonds. The van der Waals surface area contributed by atoms with Gasteiger partial charge in [-0.05, 0) is 31.0 Å². The molecular weight excluding hydrogens is 271 g/mol. The van der Waals surface area contributed by atoms with Crippen LogP contribution in [0.4, 0.5) is 4.39 Å². The summed E-state index contributed by atoms with van der Waals surface area (Å²) in [6.45, 7) is 0.185. The lowest BCUT2D eigenvalue weighted by Gasteiger charge is -2.22. The Kier molecular flexibility index (Phi) is 3.56. The van der Waals surface area contributed by atoms with Gasteiger partial charge in [-0.2, -0.15) is 0 Å². The van der Waals surface area contributed by atoms with Gasteiger partial charge in [-0.15, -0.1) is 0 Å². The van der Waals surface area contributed by atoms with E-state index in [0.717, 1.165) is 12.8 Å². The van der Waals surface area contributed by atoms with Crippen LogP contribution in [0.15, 0.2) is 47.4 Å². The summed E-state index contributed by atoms with van der Waals surface area (Å²) >= 11 is 0. The van der Waals surface area contributed by atoms with Gasteiger partial charge in [-0.3, -0.25) is 9.59 Å². The van der Waals surface area contributed by atoms with Crippen molar-refractivity contribution in [1.82, 2.24) is 9.88 Å².